The van der Waals surface area contributed by atoms with E-state index in [0.717, 1.165) is 23.8 Å². The van der Waals surface area contributed by atoms with E-state index in [2.05, 4.69) is 27.4 Å². The first-order chi connectivity index (χ1) is 8.31. The van der Waals surface area contributed by atoms with E-state index in [1.807, 2.05) is 13.1 Å². The zero-order valence-corrected chi connectivity index (χ0v) is 10.7. The molecule has 2 aromatic rings. The number of aromatic nitrogens is 2. The molecule has 0 aromatic carbocycles. The predicted molar refractivity (Wildman–Crippen MR) is 70.4 cm³/mol. The molecule has 17 heavy (non-hydrogen) atoms. The molecule has 0 saturated carbocycles. The average Bonchev–Trinajstić information content (AvgIpc) is 2.94. The quantitative estimate of drug-likeness (QED) is 0.903. The second-order valence-electron chi connectivity index (χ2n) is 4.36. The lowest BCUT2D eigenvalue weighted by atomic mass is 10.2. The smallest absolute Gasteiger partial charge is 0.126 e. The number of hydrogen-bond acceptors (Lipinski definition) is 4. The molecular formula is C13H15N3S. The van der Waals surface area contributed by atoms with Crippen LogP contribution in [0.15, 0.2) is 18.3 Å². The van der Waals surface area contributed by atoms with Crippen molar-refractivity contribution in [2.45, 2.75) is 32.7 Å². The van der Waals surface area contributed by atoms with Gasteiger partial charge in [0.2, 0.25) is 0 Å². The van der Waals surface area contributed by atoms with Crippen LogP contribution in [-0.4, -0.2) is 9.97 Å². The summed E-state index contributed by atoms with van der Waals surface area (Å²) in [6, 6.07) is 4.29. The van der Waals surface area contributed by atoms with E-state index < -0.39 is 0 Å². The van der Waals surface area contributed by atoms with Crippen LogP contribution in [0.5, 0.6) is 0 Å². The third-order valence-electron chi connectivity index (χ3n) is 3.04. The summed E-state index contributed by atoms with van der Waals surface area (Å²) in [5.41, 5.74) is 2.69. The number of nitrogens with zero attached hydrogens (tertiary/aromatic N) is 2. The average molecular weight is 245 g/mol. The molecule has 0 bridgehead atoms. The fourth-order valence-electron chi connectivity index (χ4n) is 2.18. The molecule has 0 fully saturated rings. The normalized spacial score (nSPS) is 13.7. The zero-order chi connectivity index (χ0) is 11.7. The van der Waals surface area contributed by atoms with Gasteiger partial charge in [0.05, 0.1) is 11.6 Å². The van der Waals surface area contributed by atoms with Crippen LogP contribution < -0.4 is 5.32 Å². The third-order valence-corrected chi connectivity index (χ3v) is 3.95. The number of rotatable bonds is 3. The summed E-state index contributed by atoms with van der Waals surface area (Å²) in [6.45, 7) is 2.85. The second kappa shape index (κ2) is 4.45. The topological polar surface area (TPSA) is 37.8 Å². The summed E-state index contributed by atoms with van der Waals surface area (Å²) in [5, 5.41) is 4.48. The SMILES string of the molecule is Cc1ncc(CNc2ccc3c(n2)CCC3)s1. The number of pyridine rings is 1. The lowest BCUT2D eigenvalue weighted by Gasteiger charge is -2.05. The molecule has 2 heterocycles. The number of hydrogen-bond donors (Lipinski definition) is 1. The van der Waals surface area contributed by atoms with Gasteiger partial charge in [0.15, 0.2) is 0 Å². The minimum atomic E-state index is 0.817. The highest BCUT2D eigenvalue weighted by Gasteiger charge is 2.12. The fraction of sp³-hybridized carbons (Fsp3) is 0.385. The second-order valence-corrected chi connectivity index (χ2v) is 5.67. The number of anilines is 1. The van der Waals surface area contributed by atoms with Crippen molar-refractivity contribution in [3.05, 3.63) is 39.5 Å². The van der Waals surface area contributed by atoms with Crippen molar-refractivity contribution in [1.29, 1.82) is 0 Å². The van der Waals surface area contributed by atoms with E-state index in [0.29, 0.717) is 0 Å². The lowest BCUT2D eigenvalue weighted by Crippen LogP contribution is -2.01. The van der Waals surface area contributed by atoms with Crippen LogP contribution in [0.25, 0.3) is 0 Å². The first-order valence-electron chi connectivity index (χ1n) is 5.95. The monoisotopic (exact) mass is 245 g/mol. The van der Waals surface area contributed by atoms with Gasteiger partial charge >= 0.3 is 0 Å². The van der Waals surface area contributed by atoms with Crippen LogP contribution in [0.4, 0.5) is 5.82 Å². The molecule has 3 nitrogen and oxygen atoms in total. The van der Waals surface area contributed by atoms with Crippen LogP contribution in [0, 0.1) is 6.92 Å². The first-order valence-corrected chi connectivity index (χ1v) is 6.77. The number of fused-ring (bicyclic) bond motifs is 1. The van der Waals surface area contributed by atoms with Crippen LogP contribution in [0.3, 0.4) is 0 Å². The highest BCUT2D eigenvalue weighted by molar-refractivity contribution is 7.11. The highest BCUT2D eigenvalue weighted by atomic mass is 32.1. The molecule has 4 heteroatoms. The highest BCUT2D eigenvalue weighted by Crippen LogP contribution is 2.22. The van der Waals surface area contributed by atoms with E-state index in [1.165, 1.54) is 29.0 Å². The molecule has 1 aliphatic rings. The van der Waals surface area contributed by atoms with Crippen molar-refractivity contribution in [3.63, 3.8) is 0 Å². The van der Waals surface area contributed by atoms with Gasteiger partial charge < -0.3 is 5.32 Å². The molecule has 0 aliphatic heterocycles. The Bertz CT molecular complexity index is 533. The maximum absolute atomic E-state index is 4.65. The predicted octanol–water partition coefficient (Wildman–Crippen LogP) is 2.95. The number of thiazole rings is 1. The standard InChI is InChI=1S/C13H15N3S/c1-9-14-7-11(17-9)8-15-13-6-5-10-3-2-4-12(10)16-13/h5-7H,2-4,8H2,1H3,(H,15,16). The van der Waals surface area contributed by atoms with Crippen LogP contribution >= 0.6 is 11.3 Å². The van der Waals surface area contributed by atoms with Gasteiger partial charge in [-0.05, 0) is 37.8 Å². The molecule has 0 spiro atoms. The first kappa shape index (κ1) is 10.7. The molecule has 88 valence electrons. The maximum Gasteiger partial charge on any atom is 0.126 e. The minimum Gasteiger partial charge on any atom is -0.365 e. The van der Waals surface area contributed by atoms with E-state index in [-0.39, 0.29) is 0 Å². The Hall–Kier alpha value is -1.42. The van der Waals surface area contributed by atoms with E-state index in [1.54, 1.807) is 11.3 Å². The molecule has 1 N–H and O–H groups in total. The Morgan fingerprint density at radius 3 is 3.12 bits per heavy atom. The molecule has 0 saturated heterocycles. The molecule has 0 atom stereocenters. The Kier molecular flexibility index (Phi) is 2.81. The molecule has 3 rings (SSSR count). The molecule has 0 amide bonds. The van der Waals surface area contributed by atoms with Gasteiger partial charge in [0, 0.05) is 16.8 Å². The summed E-state index contributed by atoms with van der Waals surface area (Å²) in [6.07, 6.45) is 5.50. The number of nitrogens with one attached hydrogen (secondary N) is 1. The number of aryl methyl sites for hydroxylation is 3. The van der Waals surface area contributed by atoms with Gasteiger partial charge in [-0.2, -0.15) is 0 Å². The Morgan fingerprint density at radius 2 is 2.29 bits per heavy atom. The zero-order valence-electron chi connectivity index (χ0n) is 9.86. The third kappa shape index (κ3) is 2.31. The van der Waals surface area contributed by atoms with E-state index in [4.69, 9.17) is 0 Å². The molecule has 0 radical (unpaired) electrons. The van der Waals surface area contributed by atoms with Crippen molar-refractivity contribution in [2.24, 2.45) is 0 Å². The summed E-state index contributed by atoms with van der Waals surface area (Å²) in [5.74, 6) is 0.983. The molecular weight excluding hydrogens is 230 g/mol. The van der Waals surface area contributed by atoms with Crippen molar-refractivity contribution in [2.75, 3.05) is 5.32 Å². The van der Waals surface area contributed by atoms with Gasteiger partial charge in [-0.15, -0.1) is 11.3 Å². The van der Waals surface area contributed by atoms with Crippen LogP contribution in [-0.2, 0) is 19.4 Å². The van der Waals surface area contributed by atoms with Crippen LogP contribution in [0.1, 0.15) is 27.6 Å². The summed E-state index contributed by atoms with van der Waals surface area (Å²) < 4.78 is 0. The van der Waals surface area contributed by atoms with Crippen molar-refractivity contribution in [3.8, 4) is 0 Å². The molecule has 1 aliphatic carbocycles. The van der Waals surface area contributed by atoms with Gasteiger partial charge in [-0.3, -0.25) is 0 Å². The van der Waals surface area contributed by atoms with Crippen molar-refractivity contribution >= 4 is 17.2 Å². The van der Waals surface area contributed by atoms with Gasteiger partial charge in [0.25, 0.3) is 0 Å². The van der Waals surface area contributed by atoms with Gasteiger partial charge in [-0.25, -0.2) is 9.97 Å². The van der Waals surface area contributed by atoms with Crippen molar-refractivity contribution < 1.29 is 0 Å². The molecule has 0 unspecified atom stereocenters. The van der Waals surface area contributed by atoms with E-state index >= 15 is 0 Å². The summed E-state index contributed by atoms with van der Waals surface area (Å²) in [7, 11) is 0. The lowest BCUT2D eigenvalue weighted by molar-refractivity contribution is 0.899. The summed E-state index contributed by atoms with van der Waals surface area (Å²) in [4.78, 5) is 10.1. The van der Waals surface area contributed by atoms with Crippen molar-refractivity contribution in [1.82, 2.24) is 9.97 Å². The van der Waals surface area contributed by atoms with Gasteiger partial charge in [-0.1, -0.05) is 6.07 Å². The maximum atomic E-state index is 4.65. The Morgan fingerprint density at radius 1 is 1.35 bits per heavy atom. The minimum absolute atomic E-state index is 0.817. The largest absolute Gasteiger partial charge is 0.365 e. The fourth-order valence-corrected chi connectivity index (χ4v) is 2.92. The van der Waals surface area contributed by atoms with Gasteiger partial charge in [0.1, 0.15) is 5.82 Å². The van der Waals surface area contributed by atoms with Crippen LogP contribution in [0.2, 0.25) is 0 Å². The van der Waals surface area contributed by atoms with E-state index in [9.17, 15) is 0 Å². The Balaban J connectivity index is 1.69. The summed E-state index contributed by atoms with van der Waals surface area (Å²) >= 11 is 1.73. The Labute approximate surface area is 105 Å². The molecule has 2 aromatic heterocycles.